The Morgan fingerprint density at radius 2 is 1.64 bits per heavy atom. The number of fused-ring (bicyclic) bond motifs is 8. The van der Waals surface area contributed by atoms with Gasteiger partial charge in [0.25, 0.3) is 0 Å². The van der Waals surface area contributed by atoms with Crippen molar-refractivity contribution >= 4 is 46.0 Å². The van der Waals surface area contributed by atoms with Crippen LogP contribution in [-0.2, 0) is 29.3 Å². The summed E-state index contributed by atoms with van der Waals surface area (Å²) >= 11 is 5.18. The van der Waals surface area contributed by atoms with Gasteiger partial charge in [0.2, 0.25) is 5.95 Å². The number of thiophene rings is 1. The molecule has 5 heterocycles. The summed E-state index contributed by atoms with van der Waals surface area (Å²) in [5, 5.41) is 17.2. The Kier molecular flexibility index (Phi) is 7.55. The van der Waals surface area contributed by atoms with Crippen LogP contribution in [0.5, 0.6) is 11.5 Å². The minimum Gasteiger partial charge on any atom is -0.497 e. The normalized spacial score (nSPS) is 18.6. The zero-order valence-corrected chi connectivity index (χ0v) is 26.3. The molecule has 0 bridgehead atoms. The van der Waals surface area contributed by atoms with Crippen LogP contribution in [0, 0.1) is 5.92 Å². The summed E-state index contributed by atoms with van der Waals surface area (Å²) in [5.41, 5.74) is 8.51. The lowest BCUT2D eigenvalue weighted by molar-refractivity contribution is 0.00135. The van der Waals surface area contributed by atoms with Gasteiger partial charge in [0.15, 0.2) is 16.5 Å². The van der Waals surface area contributed by atoms with Crippen LogP contribution < -0.4 is 19.8 Å². The molecule has 0 aliphatic carbocycles. The van der Waals surface area contributed by atoms with Crippen molar-refractivity contribution in [3.63, 3.8) is 0 Å². The Bertz CT molecular complexity index is 1620. The van der Waals surface area contributed by atoms with Gasteiger partial charge in [-0.25, -0.2) is 4.57 Å². The number of methoxy groups -OCH3 is 2. The number of nitrogens with one attached hydrogen (secondary N) is 1. The molecule has 4 aromatic rings. The zero-order chi connectivity index (χ0) is 28.8. The van der Waals surface area contributed by atoms with E-state index in [-0.39, 0.29) is 12.3 Å². The van der Waals surface area contributed by atoms with E-state index in [2.05, 4.69) is 53.0 Å². The Morgan fingerprint density at radius 1 is 0.976 bits per heavy atom. The smallest absolute Gasteiger partial charge is 0.241 e. The van der Waals surface area contributed by atoms with E-state index in [1.807, 2.05) is 24.3 Å². The molecule has 3 aliphatic rings. The number of hydrogen-bond donors (Lipinski definition) is 1. The predicted octanol–water partition coefficient (Wildman–Crippen LogP) is 6.36. The number of nitrogens with zero attached hydrogens (tertiary/aromatic N) is 5. The summed E-state index contributed by atoms with van der Waals surface area (Å²) < 4.78 is 19.2. The first kappa shape index (κ1) is 27.6. The van der Waals surface area contributed by atoms with Gasteiger partial charge in [-0.3, -0.25) is 10.3 Å². The third-order valence-electron chi connectivity index (χ3n) is 7.80. The zero-order valence-electron chi connectivity index (χ0n) is 23.9. The molecule has 0 radical (unpaired) electrons. The number of ether oxygens (including phenoxy) is 3. The molecule has 2 aromatic heterocycles. The summed E-state index contributed by atoms with van der Waals surface area (Å²) in [6.07, 6.45) is 0.966. The highest BCUT2D eigenvalue weighted by molar-refractivity contribution is 8.13. The predicted molar refractivity (Wildman–Crippen MR) is 169 cm³/mol. The molecular formula is C30H32N6O3S3. The SMILES string of the molecule is COc1ccc(CSC2=NNC3c4c(sc5c4C[C@@H](C(C)C)OC5)-n4c(SCc5ccc(OC)cc5)nnc4N23)cc1. The van der Waals surface area contributed by atoms with Crippen molar-refractivity contribution in [3.8, 4) is 16.5 Å². The quantitative estimate of drug-likeness (QED) is 0.226. The second-order valence-corrected chi connectivity index (χ2v) is 13.7. The molecule has 7 rings (SSSR count). The summed E-state index contributed by atoms with van der Waals surface area (Å²) in [5.74, 6) is 4.49. The van der Waals surface area contributed by atoms with Crippen LogP contribution in [0.1, 0.15) is 47.1 Å². The fraction of sp³-hybridized carbons (Fsp3) is 0.367. The molecule has 0 saturated carbocycles. The molecule has 1 N–H and O–H groups in total. The molecule has 9 nitrogen and oxygen atoms in total. The number of thioether (sulfide) groups is 2. The molecule has 12 heteroatoms. The maximum absolute atomic E-state index is 6.28. The Labute approximate surface area is 257 Å². The number of amidine groups is 1. The van der Waals surface area contributed by atoms with Crippen LogP contribution in [0.15, 0.2) is 58.8 Å². The standard InChI is InChI=1S/C30H32N6O3S3/c1-17(2)23-13-22-24(14-39-23)42-27-25(22)26-31-33-29(40-15-18-5-9-20(37-3)10-6-18)35(26)28-32-34-30(36(27)28)41-16-19-7-11-21(38-4)12-8-19/h5-12,17,23,26,31H,13-16H2,1-4H3/t23-,26?/m0/s1. The van der Waals surface area contributed by atoms with Crippen molar-refractivity contribution in [2.75, 3.05) is 19.1 Å². The van der Waals surface area contributed by atoms with E-state index in [1.165, 1.54) is 27.1 Å². The molecule has 42 heavy (non-hydrogen) atoms. The topological polar surface area (TPSA) is 86.0 Å². The lowest BCUT2D eigenvalue weighted by Crippen LogP contribution is -2.38. The summed E-state index contributed by atoms with van der Waals surface area (Å²) in [4.78, 5) is 3.50. The van der Waals surface area contributed by atoms with E-state index in [0.29, 0.717) is 12.5 Å². The van der Waals surface area contributed by atoms with Crippen LogP contribution >= 0.6 is 34.9 Å². The molecular weight excluding hydrogens is 589 g/mol. The molecule has 2 atom stereocenters. The third kappa shape index (κ3) is 4.93. The van der Waals surface area contributed by atoms with Crippen LogP contribution in [0.2, 0.25) is 0 Å². The average Bonchev–Trinajstić information content (AvgIpc) is 3.74. The fourth-order valence-electron chi connectivity index (χ4n) is 5.44. The summed E-state index contributed by atoms with van der Waals surface area (Å²) in [7, 11) is 3.37. The molecule has 0 saturated heterocycles. The first-order chi connectivity index (χ1) is 20.5. The van der Waals surface area contributed by atoms with E-state index < -0.39 is 0 Å². The van der Waals surface area contributed by atoms with Crippen molar-refractivity contribution in [1.29, 1.82) is 0 Å². The highest BCUT2D eigenvalue weighted by atomic mass is 32.2. The first-order valence-electron chi connectivity index (χ1n) is 13.9. The van der Waals surface area contributed by atoms with Crippen LogP contribution in [-0.4, -0.2) is 40.3 Å². The maximum atomic E-state index is 6.28. The van der Waals surface area contributed by atoms with Gasteiger partial charge in [0.05, 0.1) is 26.9 Å². The molecule has 218 valence electrons. The lowest BCUT2D eigenvalue weighted by atomic mass is 9.93. The van der Waals surface area contributed by atoms with Crippen molar-refractivity contribution in [1.82, 2.24) is 20.2 Å². The van der Waals surface area contributed by atoms with Crippen LogP contribution in [0.4, 0.5) is 5.95 Å². The van der Waals surface area contributed by atoms with Crippen LogP contribution in [0.25, 0.3) is 5.00 Å². The Morgan fingerprint density at radius 3 is 2.29 bits per heavy atom. The molecule has 0 fully saturated rings. The number of anilines is 1. The number of rotatable bonds is 8. The lowest BCUT2D eigenvalue weighted by Gasteiger charge is -2.33. The Hall–Kier alpha value is -3.19. The minimum absolute atomic E-state index is 0.125. The second-order valence-electron chi connectivity index (χ2n) is 10.7. The van der Waals surface area contributed by atoms with Crippen molar-refractivity contribution in [2.45, 2.75) is 55.8 Å². The average molecular weight is 621 g/mol. The monoisotopic (exact) mass is 620 g/mol. The van der Waals surface area contributed by atoms with Crippen molar-refractivity contribution in [3.05, 3.63) is 75.7 Å². The fourth-order valence-corrected chi connectivity index (χ4v) is 8.59. The summed E-state index contributed by atoms with van der Waals surface area (Å²) in [6.45, 7) is 5.10. The van der Waals surface area contributed by atoms with E-state index in [9.17, 15) is 0 Å². The van der Waals surface area contributed by atoms with Crippen molar-refractivity contribution < 1.29 is 14.2 Å². The molecule has 2 aromatic carbocycles. The van der Waals surface area contributed by atoms with Gasteiger partial charge >= 0.3 is 0 Å². The van der Waals surface area contributed by atoms with E-state index >= 15 is 0 Å². The number of hydrogen-bond acceptors (Lipinski definition) is 11. The van der Waals surface area contributed by atoms with Gasteiger partial charge in [-0.1, -0.05) is 61.6 Å². The largest absolute Gasteiger partial charge is 0.497 e. The van der Waals surface area contributed by atoms with Gasteiger partial charge in [-0.05, 0) is 46.9 Å². The molecule has 3 aliphatic heterocycles. The van der Waals surface area contributed by atoms with Gasteiger partial charge < -0.3 is 14.2 Å². The molecule has 1 unspecified atom stereocenters. The number of benzene rings is 2. The highest BCUT2D eigenvalue weighted by Crippen LogP contribution is 2.50. The number of hydrazone groups is 1. The van der Waals surface area contributed by atoms with E-state index in [4.69, 9.17) is 29.5 Å². The first-order valence-corrected chi connectivity index (χ1v) is 16.7. The molecule has 0 amide bonds. The maximum Gasteiger partial charge on any atom is 0.241 e. The van der Waals surface area contributed by atoms with E-state index in [0.717, 1.165) is 50.7 Å². The van der Waals surface area contributed by atoms with Gasteiger partial charge in [0, 0.05) is 28.4 Å². The highest BCUT2D eigenvalue weighted by Gasteiger charge is 2.45. The second kappa shape index (κ2) is 11.5. The van der Waals surface area contributed by atoms with Gasteiger partial charge in [-0.15, -0.1) is 21.5 Å². The summed E-state index contributed by atoms with van der Waals surface area (Å²) in [6, 6.07) is 16.4. The van der Waals surface area contributed by atoms with Gasteiger partial charge in [-0.2, -0.15) is 5.10 Å². The third-order valence-corrected chi connectivity index (χ3v) is 11.0. The van der Waals surface area contributed by atoms with Crippen LogP contribution in [0.3, 0.4) is 0 Å². The van der Waals surface area contributed by atoms with E-state index in [1.54, 1.807) is 49.1 Å². The van der Waals surface area contributed by atoms with Crippen molar-refractivity contribution in [2.24, 2.45) is 11.0 Å². The molecule has 0 spiro atoms. The van der Waals surface area contributed by atoms with Gasteiger partial charge in [0.1, 0.15) is 16.5 Å². The minimum atomic E-state index is -0.125. The number of aromatic nitrogens is 3. The Balaban J connectivity index is 1.22.